The maximum Gasteiger partial charge on any atom is 0.356 e. The summed E-state index contributed by atoms with van der Waals surface area (Å²) in [6.07, 6.45) is 0. The second kappa shape index (κ2) is 7.98. The lowest BCUT2D eigenvalue weighted by Crippen LogP contribution is -2.04. The van der Waals surface area contributed by atoms with E-state index in [4.69, 9.17) is 23.2 Å². The smallest absolute Gasteiger partial charge is 0.356 e. The van der Waals surface area contributed by atoms with E-state index in [1.165, 1.54) is 0 Å². The fourth-order valence-corrected chi connectivity index (χ4v) is 3.78. The first kappa shape index (κ1) is 20.2. The Balaban J connectivity index is 2.14. The number of aromatic nitrogens is 2. The maximum atomic E-state index is 12.2. The molecule has 0 spiro atoms. The summed E-state index contributed by atoms with van der Waals surface area (Å²) in [5.74, 6) is -0.593. The van der Waals surface area contributed by atoms with Crippen LogP contribution in [0.4, 0.5) is 0 Å². The van der Waals surface area contributed by atoms with Crippen molar-refractivity contribution in [3.8, 4) is 28.3 Å². The summed E-state index contributed by atoms with van der Waals surface area (Å²) in [4.78, 5) is 16.7. The molecule has 30 heavy (non-hydrogen) atoms. The van der Waals surface area contributed by atoms with Crippen LogP contribution in [0.1, 0.15) is 21.6 Å². The van der Waals surface area contributed by atoms with Gasteiger partial charge in [0.05, 0.1) is 11.4 Å². The highest BCUT2D eigenvalue weighted by Crippen LogP contribution is 2.36. The van der Waals surface area contributed by atoms with E-state index in [1.807, 2.05) is 60.9 Å². The highest BCUT2D eigenvalue weighted by atomic mass is 35.5. The Hall–Kier alpha value is -3.08. The molecule has 0 unspecified atom stereocenters. The van der Waals surface area contributed by atoms with Crippen LogP contribution >= 0.6 is 23.2 Å². The summed E-state index contributed by atoms with van der Waals surface area (Å²) in [6, 6.07) is 20.4. The number of benzene rings is 3. The second-order valence-electron chi connectivity index (χ2n) is 7.08. The number of carbonyl (C=O) groups is 1. The normalized spacial score (nSPS) is 10.9. The minimum Gasteiger partial charge on any atom is -0.476 e. The molecule has 4 nitrogen and oxygen atoms in total. The molecule has 6 heteroatoms. The lowest BCUT2D eigenvalue weighted by atomic mass is 10.1. The molecule has 4 rings (SSSR count). The van der Waals surface area contributed by atoms with Gasteiger partial charge < -0.3 is 5.11 Å². The number of imidazole rings is 1. The van der Waals surface area contributed by atoms with Gasteiger partial charge in [-0.3, -0.25) is 4.57 Å². The molecular formula is C24H18Cl2N2O2. The Morgan fingerprint density at radius 1 is 0.900 bits per heavy atom. The second-order valence-corrected chi connectivity index (χ2v) is 7.95. The fraction of sp³-hybridized carbons (Fsp3) is 0.0833. The van der Waals surface area contributed by atoms with Crippen LogP contribution in [0.2, 0.25) is 10.0 Å². The SMILES string of the molecule is Cc1ccc(-c2nc(C(=O)O)c(-c3cccc(Cl)c3)n2-c2cc(Cl)ccc2C)cc1. The Morgan fingerprint density at radius 2 is 1.60 bits per heavy atom. The Labute approximate surface area is 184 Å². The largest absolute Gasteiger partial charge is 0.476 e. The topological polar surface area (TPSA) is 55.1 Å². The van der Waals surface area contributed by atoms with Crippen molar-refractivity contribution in [3.63, 3.8) is 0 Å². The number of carboxylic acids is 1. The molecule has 0 aliphatic rings. The van der Waals surface area contributed by atoms with Gasteiger partial charge in [0.15, 0.2) is 5.69 Å². The van der Waals surface area contributed by atoms with Crippen LogP contribution in [0.25, 0.3) is 28.3 Å². The zero-order chi connectivity index (χ0) is 21.4. The standard InChI is InChI=1S/C24H18Cl2N2O2/c1-14-6-9-16(10-7-14)23-27-21(24(29)30)22(17-4-3-5-18(25)12-17)28(23)20-13-19(26)11-8-15(20)2/h3-13H,1-2H3,(H,29,30). The van der Waals surface area contributed by atoms with Gasteiger partial charge in [-0.2, -0.15) is 0 Å². The van der Waals surface area contributed by atoms with Crippen LogP contribution in [-0.2, 0) is 0 Å². The maximum absolute atomic E-state index is 12.2. The van der Waals surface area contributed by atoms with Crippen LogP contribution in [0.15, 0.2) is 66.7 Å². The van der Waals surface area contributed by atoms with E-state index in [1.54, 1.807) is 24.3 Å². The number of rotatable bonds is 4. The number of aromatic carboxylic acids is 1. The number of nitrogens with zero attached hydrogens (tertiary/aromatic N) is 2. The Morgan fingerprint density at radius 3 is 2.27 bits per heavy atom. The molecule has 0 amide bonds. The number of carboxylic acid groups (broad SMARTS) is 1. The molecule has 1 N–H and O–H groups in total. The third-order valence-corrected chi connectivity index (χ3v) is 5.37. The van der Waals surface area contributed by atoms with Gasteiger partial charge in [0.25, 0.3) is 0 Å². The van der Waals surface area contributed by atoms with Gasteiger partial charge >= 0.3 is 5.97 Å². The first-order valence-corrected chi connectivity index (χ1v) is 10.1. The zero-order valence-electron chi connectivity index (χ0n) is 16.4. The van der Waals surface area contributed by atoms with Crippen molar-refractivity contribution in [3.05, 3.63) is 93.6 Å². The van der Waals surface area contributed by atoms with Crippen LogP contribution in [0.3, 0.4) is 0 Å². The molecular weight excluding hydrogens is 419 g/mol. The Bertz CT molecular complexity index is 1260. The van der Waals surface area contributed by atoms with Crippen molar-refractivity contribution in [2.24, 2.45) is 0 Å². The molecule has 1 aromatic heterocycles. The van der Waals surface area contributed by atoms with Crippen molar-refractivity contribution in [1.29, 1.82) is 0 Å². The quantitative estimate of drug-likeness (QED) is 0.381. The third-order valence-electron chi connectivity index (χ3n) is 4.90. The van der Waals surface area contributed by atoms with E-state index >= 15 is 0 Å². The average molecular weight is 437 g/mol. The summed E-state index contributed by atoms with van der Waals surface area (Å²) in [5, 5.41) is 11.0. The van der Waals surface area contributed by atoms with E-state index < -0.39 is 5.97 Å². The minimum atomic E-state index is -1.11. The lowest BCUT2D eigenvalue weighted by Gasteiger charge is -2.16. The highest BCUT2D eigenvalue weighted by molar-refractivity contribution is 6.31. The van der Waals surface area contributed by atoms with Crippen LogP contribution in [-0.4, -0.2) is 20.6 Å². The van der Waals surface area contributed by atoms with Crippen molar-refractivity contribution in [1.82, 2.24) is 9.55 Å². The molecule has 4 aromatic rings. The highest BCUT2D eigenvalue weighted by Gasteiger charge is 2.26. The number of aryl methyl sites for hydroxylation is 2. The van der Waals surface area contributed by atoms with Crippen molar-refractivity contribution >= 4 is 29.2 Å². The summed E-state index contributed by atoms with van der Waals surface area (Å²) in [5.41, 5.74) is 4.65. The molecule has 0 aliphatic heterocycles. The van der Waals surface area contributed by atoms with Gasteiger partial charge in [-0.25, -0.2) is 9.78 Å². The van der Waals surface area contributed by atoms with Gasteiger partial charge in [0.1, 0.15) is 5.82 Å². The lowest BCUT2D eigenvalue weighted by molar-refractivity contribution is 0.0692. The predicted molar refractivity (Wildman–Crippen MR) is 121 cm³/mol. The van der Waals surface area contributed by atoms with Crippen LogP contribution < -0.4 is 0 Å². The number of hydrogen-bond acceptors (Lipinski definition) is 2. The molecule has 0 atom stereocenters. The molecule has 0 fully saturated rings. The van der Waals surface area contributed by atoms with Crippen molar-refractivity contribution in [2.75, 3.05) is 0 Å². The number of halogens is 2. The summed E-state index contributed by atoms with van der Waals surface area (Å²) < 4.78 is 1.85. The molecule has 1 heterocycles. The molecule has 0 aliphatic carbocycles. The van der Waals surface area contributed by atoms with Gasteiger partial charge in [-0.1, -0.05) is 71.2 Å². The summed E-state index contributed by atoms with van der Waals surface area (Å²) in [6.45, 7) is 3.95. The zero-order valence-corrected chi connectivity index (χ0v) is 17.9. The van der Waals surface area contributed by atoms with Crippen LogP contribution in [0, 0.1) is 13.8 Å². The molecule has 150 valence electrons. The first-order valence-electron chi connectivity index (χ1n) is 9.30. The monoisotopic (exact) mass is 436 g/mol. The van der Waals surface area contributed by atoms with E-state index in [0.717, 1.165) is 22.4 Å². The molecule has 0 bridgehead atoms. The minimum absolute atomic E-state index is 0.0489. The van der Waals surface area contributed by atoms with E-state index in [-0.39, 0.29) is 5.69 Å². The molecule has 0 saturated heterocycles. The molecule has 0 radical (unpaired) electrons. The first-order chi connectivity index (χ1) is 14.3. The summed E-state index contributed by atoms with van der Waals surface area (Å²) >= 11 is 12.5. The Kier molecular flexibility index (Phi) is 5.37. The van der Waals surface area contributed by atoms with E-state index in [0.29, 0.717) is 27.1 Å². The number of hydrogen-bond donors (Lipinski definition) is 1. The van der Waals surface area contributed by atoms with Crippen molar-refractivity contribution in [2.45, 2.75) is 13.8 Å². The van der Waals surface area contributed by atoms with Crippen molar-refractivity contribution < 1.29 is 9.90 Å². The van der Waals surface area contributed by atoms with Gasteiger partial charge in [-0.15, -0.1) is 0 Å². The average Bonchev–Trinajstić information content (AvgIpc) is 3.11. The molecule has 0 saturated carbocycles. The van der Waals surface area contributed by atoms with Gasteiger partial charge in [-0.05, 0) is 43.7 Å². The summed E-state index contributed by atoms with van der Waals surface area (Å²) in [7, 11) is 0. The van der Waals surface area contributed by atoms with E-state index in [9.17, 15) is 9.90 Å². The van der Waals surface area contributed by atoms with Crippen LogP contribution in [0.5, 0.6) is 0 Å². The third kappa shape index (κ3) is 3.72. The van der Waals surface area contributed by atoms with E-state index in [2.05, 4.69) is 4.98 Å². The van der Waals surface area contributed by atoms with Gasteiger partial charge in [0.2, 0.25) is 0 Å². The fourth-order valence-electron chi connectivity index (χ4n) is 3.43. The van der Waals surface area contributed by atoms with Gasteiger partial charge in [0, 0.05) is 21.2 Å². The predicted octanol–water partition coefficient (Wildman–Crippen LogP) is 6.83. The molecule has 3 aromatic carbocycles.